The third-order valence-corrected chi connectivity index (χ3v) is 6.49. The maximum absolute atomic E-state index is 12.8. The molecule has 3 atom stereocenters. The highest BCUT2D eigenvalue weighted by Crippen LogP contribution is 2.19. The second-order valence-electron chi connectivity index (χ2n) is 6.44. The molecule has 0 aromatic carbocycles. The van der Waals surface area contributed by atoms with Gasteiger partial charge in [0.2, 0.25) is 0 Å². The van der Waals surface area contributed by atoms with E-state index in [4.69, 9.17) is 9.47 Å². The molecule has 0 spiro atoms. The number of ether oxygens (including phenoxy) is 2. The van der Waals surface area contributed by atoms with Crippen LogP contribution in [-0.2, 0) is 24.5 Å². The van der Waals surface area contributed by atoms with Crippen molar-refractivity contribution >= 4 is 16.1 Å². The Balaban J connectivity index is 1.97. The number of piperazine rings is 1. The molecule has 1 amide bonds. The first kappa shape index (κ1) is 19.6. The zero-order chi connectivity index (χ0) is 17.9. The highest BCUT2D eigenvalue weighted by Gasteiger charge is 2.37. The van der Waals surface area contributed by atoms with Gasteiger partial charge in [0.25, 0.3) is 16.1 Å². The third-order valence-electron chi connectivity index (χ3n) is 4.52. The number of morpholine rings is 1. The second-order valence-corrected chi connectivity index (χ2v) is 8.37. The largest absolute Gasteiger partial charge is 0.373 e. The van der Waals surface area contributed by atoms with E-state index in [1.165, 1.54) is 15.7 Å². The average molecular weight is 363 g/mol. The fourth-order valence-electron chi connectivity index (χ4n) is 3.27. The predicted octanol–water partition coefficient (Wildman–Crippen LogP) is -0.0904. The monoisotopic (exact) mass is 363 g/mol. The molecule has 0 radical (unpaired) electrons. The number of carbonyl (C=O) groups excluding carboxylic acids is 1. The van der Waals surface area contributed by atoms with Crippen molar-refractivity contribution in [1.82, 2.24) is 13.5 Å². The highest BCUT2D eigenvalue weighted by atomic mass is 32.2. The number of hydrogen-bond donors (Lipinski definition) is 0. The Morgan fingerprint density at radius 1 is 1.12 bits per heavy atom. The Hall–Kier alpha value is -0.740. The van der Waals surface area contributed by atoms with Gasteiger partial charge in [-0.3, -0.25) is 4.79 Å². The molecule has 2 heterocycles. The zero-order valence-electron chi connectivity index (χ0n) is 15.0. The highest BCUT2D eigenvalue weighted by molar-refractivity contribution is 7.86. The topological polar surface area (TPSA) is 79.4 Å². The number of methoxy groups -OCH3 is 1. The number of amides is 1. The van der Waals surface area contributed by atoms with Crippen LogP contribution in [0.5, 0.6) is 0 Å². The minimum absolute atomic E-state index is 0.0642. The van der Waals surface area contributed by atoms with Gasteiger partial charge in [-0.25, -0.2) is 0 Å². The van der Waals surface area contributed by atoms with Gasteiger partial charge in [0, 0.05) is 46.4 Å². The first-order chi connectivity index (χ1) is 11.3. The number of rotatable bonds is 5. The fraction of sp³-hybridized carbons (Fsp3) is 0.933. The van der Waals surface area contributed by atoms with Crippen molar-refractivity contribution in [3.63, 3.8) is 0 Å². The van der Waals surface area contributed by atoms with E-state index in [1.54, 1.807) is 4.90 Å². The van der Waals surface area contributed by atoms with E-state index in [2.05, 4.69) is 0 Å². The molecule has 2 aliphatic rings. The normalized spacial score (nSPS) is 28.8. The molecule has 2 fully saturated rings. The van der Waals surface area contributed by atoms with Gasteiger partial charge in [-0.15, -0.1) is 0 Å². The second kappa shape index (κ2) is 8.09. The Morgan fingerprint density at radius 2 is 1.67 bits per heavy atom. The molecule has 2 saturated heterocycles. The van der Waals surface area contributed by atoms with Crippen molar-refractivity contribution in [2.24, 2.45) is 0 Å². The van der Waals surface area contributed by atoms with E-state index in [0.717, 1.165) is 0 Å². The summed E-state index contributed by atoms with van der Waals surface area (Å²) >= 11 is 0. The van der Waals surface area contributed by atoms with E-state index >= 15 is 0 Å². The van der Waals surface area contributed by atoms with Crippen LogP contribution < -0.4 is 0 Å². The summed E-state index contributed by atoms with van der Waals surface area (Å²) in [6.45, 7) is 7.81. The van der Waals surface area contributed by atoms with Gasteiger partial charge >= 0.3 is 0 Å². The van der Waals surface area contributed by atoms with Crippen LogP contribution in [0.4, 0.5) is 0 Å². The lowest BCUT2D eigenvalue weighted by molar-refractivity contribution is -0.143. The van der Waals surface area contributed by atoms with Gasteiger partial charge in [-0.2, -0.15) is 17.0 Å². The van der Waals surface area contributed by atoms with Crippen molar-refractivity contribution in [2.75, 3.05) is 46.4 Å². The van der Waals surface area contributed by atoms with E-state index < -0.39 is 16.3 Å². The summed E-state index contributed by atoms with van der Waals surface area (Å²) < 4.78 is 39.4. The van der Waals surface area contributed by atoms with Gasteiger partial charge in [-0.05, 0) is 20.3 Å². The molecule has 2 rings (SSSR count). The Bertz CT molecular complexity index is 519. The molecule has 24 heavy (non-hydrogen) atoms. The number of hydrogen-bond acceptors (Lipinski definition) is 5. The van der Waals surface area contributed by atoms with Crippen molar-refractivity contribution in [3.05, 3.63) is 0 Å². The Kier molecular flexibility index (Phi) is 6.60. The van der Waals surface area contributed by atoms with Gasteiger partial charge in [0.1, 0.15) is 6.10 Å². The van der Waals surface area contributed by atoms with Gasteiger partial charge in [0.15, 0.2) is 0 Å². The lowest BCUT2D eigenvalue weighted by Crippen LogP contribution is -2.58. The van der Waals surface area contributed by atoms with Crippen molar-refractivity contribution in [1.29, 1.82) is 0 Å². The molecule has 8 nitrogen and oxygen atoms in total. The first-order valence-electron chi connectivity index (χ1n) is 8.51. The minimum Gasteiger partial charge on any atom is -0.373 e. The summed E-state index contributed by atoms with van der Waals surface area (Å²) in [5.74, 6) is -0.0642. The van der Waals surface area contributed by atoms with E-state index in [-0.39, 0.29) is 18.1 Å². The Labute approximate surface area is 144 Å². The standard InChI is InChI=1S/C15H29N3O5S/c1-5-14(22-4)15(19)16-6-8-17(9-7-16)24(20,21)18-10-12(2)23-13(3)11-18/h12-14H,5-11H2,1-4H3. The van der Waals surface area contributed by atoms with Crippen LogP contribution >= 0.6 is 0 Å². The summed E-state index contributed by atoms with van der Waals surface area (Å²) in [5, 5.41) is 0. The maximum Gasteiger partial charge on any atom is 0.282 e. The molecule has 0 bridgehead atoms. The van der Waals surface area contributed by atoms with E-state index in [9.17, 15) is 13.2 Å². The predicted molar refractivity (Wildman–Crippen MR) is 89.7 cm³/mol. The molecule has 0 aliphatic carbocycles. The summed E-state index contributed by atoms with van der Waals surface area (Å²) in [7, 11) is -1.99. The van der Waals surface area contributed by atoms with E-state index in [0.29, 0.717) is 45.7 Å². The summed E-state index contributed by atoms with van der Waals surface area (Å²) in [6.07, 6.45) is -0.0665. The molecule has 0 saturated carbocycles. The van der Waals surface area contributed by atoms with Crippen LogP contribution in [0.25, 0.3) is 0 Å². The maximum atomic E-state index is 12.8. The van der Waals surface area contributed by atoms with Crippen LogP contribution in [0.2, 0.25) is 0 Å². The average Bonchev–Trinajstić information content (AvgIpc) is 2.55. The molecular formula is C15H29N3O5S. The van der Waals surface area contributed by atoms with Crippen LogP contribution in [0.1, 0.15) is 27.2 Å². The molecule has 140 valence electrons. The molecule has 0 aromatic rings. The van der Waals surface area contributed by atoms with Crippen LogP contribution in [0, 0.1) is 0 Å². The first-order valence-corrected chi connectivity index (χ1v) is 9.91. The van der Waals surface area contributed by atoms with Crippen molar-refractivity contribution in [2.45, 2.75) is 45.5 Å². The summed E-state index contributed by atoms with van der Waals surface area (Å²) in [6, 6.07) is 0. The lowest BCUT2D eigenvalue weighted by Gasteiger charge is -2.40. The molecular weight excluding hydrogens is 334 g/mol. The van der Waals surface area contributed by atoms with Crippen LogP contribution in [0.15, 0.2) is 0 Å². The smallest absolute Gasteiger partial charge is 0.282 e. The molecule has 0 aromatic heterocycles. The molecule has 2 aliphatic heterocycles. The van der Waals surface area contributed by atoms with Crippen LogP contribution in [0.3, 0.4) is 0 Å². The zero-order valence-corrected chi connectivity index (χ0v) is 15.8. The summed E-state index contributed by atoms with van der Waals surface area (Å²) in [4.78, 5) is 14.0. The minimum atomic E-state index is -3.51. The fourth-order valence-corrected chi connectivity index (χ4v) is 5.02. The molecule has 3 unspecified atom stereocenters. The summed E-state index contributed by atoms with van der Waals surface area (Å²) in [5.41, 5.74) is 0. The van der Waals surface area contributed by atoms with Gasteiger partial charge in [0.05, 0.1) is 12.2 Å². The van der Waals surface area contributed by atoms with Crippen molar-refractivity contribution in [3.8, 4) is 0 Å². The van der Waals surface area contributed by atoms with Crippen LogP contribution in [-0.4, -0.2) is 92.5 Å². The lowest BCUT2D eigenvalue weighted by atomic mass is 10.2. The van der Waals surface area contributed by atoms with Gasteiger partial charge < -0.3 is 14.4 Å². The van der Waals surface area contributed by atoms with Crippen molar-refractivity contribution < 1.29 is 22.7 Å². The number of nitrogens with zero attached hydrogens (tertiary/aromatic N) is 3. The number of carbonyl (C=O) groups is 1. The quantitative estimate of drug-likeness (QED) is 0.682. The van der Waals surface area contributed by atoms with Gasteiger partial charge in [-0.1, -0.05) is 6.92 Å². The molecule has 9 heteroatoms. The molecule has 0 N–H and O–H groups in total. The third kappa shape index (κ3) is 4.26. The SMILES string of the molecule is CCC(OC)C(=O)N1CCN(S(=O)(=O)N2CC(C)OC(C)C2)CC1. The van der Waals surface area contributed by atoms with E-state index in [1.807, 2.05) is 20.8 Å². The Morgan fingerprint density at radius 3 is 2.12 bits per heavy atom.